The normalized spacial score (nSPS) is 14.3. The minimum atomic E-state index is -1.36. The minimum absolute atomic E-state index is 0.00263. The largest absolute Gasteiger partial charge is 0.234 e. The lowest BCUT2D eigenvalue weighted by Gasteiger charge is -2.12. The molecule has 0 unspecified atom stereocenters. The van der Waals surface area contributed by atoms with Gasteiger partial charge < -0.3 is 0 Å². The van der Waals surface area contributed by atoms with Gasteiger partial charge in [-0.2, -0.15) is 4.40 Å². The van der Waals surface area contributed by atoms with Crippen LogP contribution in [0.4, 0.5) is 4.39 Å². The molecule has 2 nitrogen and oxygen atoms in total. The summed E-state index contributed by atoms with van der Waals surface area (Å²) in [4.78, 5) is 0. The van der Waals surface area contributed by atoms with Crippen molar-refractivity contribution in [3.63, 3.8) is 0 Å². The third-order valence-electron chi connectivity index (χ3n) is 1.79. The van der Waals surface area contributed by atoms with Crippen LogP contribution in [0.15, 0.2) is 22.6 Å². The molecule has 0 saturated heterocycles. The van der Waals surface area contributed by atoms with Gasteiger partial charge in [0.15, 0.2) is 0 Å². The SMILES string of the molecule is CC(C)(C)[S@](=O)/N=C/c1cccc(F)c1Cl. The highest BCUT2D eigenvalue weighted by Crippen LogP contribution is 2.19. The van der Waals surface area contributed by atoms with Gasteiger partial charge in [0.05, 0.1) is 9.77 Å². The second kappa shape index (κ2) is 5.06. The van der Waals surface area contributed by atoms with Crippen molar-refractivity contribution in [2.75, 3.05) is 0 Å². The molecule has 1 aromatic rings. The summed E-state index contributed by atoms with van der Waals surface area (Å²) in [7, 11) is -1.36. The van der Waals surface area contributed by atoms with Crippen molar-refractivity contribution in [3.05, 3.63) is 34.6 Å². The fourth-order valence-electron chi connectivity index (χ4n) is 0.883. The summed E-state index contributed by atoms with van der Waals surface area (Å²) in [5.41, 5.74) is 0.430. The Morgan fingerprint density at radius 1 is 1.44 bits per heavy atom. The number of nitrogens with zero attached hydrogens (tertiary/aromatic N) is 1. The smallest absolute Gasteiger partial charge is 0.144 e. The molecule has 0 heterocycles. The maximum absolute atomic E-state index is 13.1. The third kappa shape index (κ3) is 3.39. The van der Waals surface area contributed by atoms with E-state index in [1.165, 1.54) is 18.3 Å². The lowest BCUT2D eigenvalue weighted by molar-refractivity contribution is 0.628. The number of rotatable bonds is 2. The van der Waals surface area contributed by atoms with Gasteiger partial charge in [0.25, 0.3) is 0 Å². The van der Waals surface area contributed by atoms with Crippen molar-refractivity contribution in [2.24, 2.45) is 4.40 Å². The first-order valence-corrected chi connectivity index (χ1v) is 6.21. The van der Waals surface area contributed by atoms with E-state index >= 15 is 0 Å². The monoisotopic (exact) mass is 261 g/mol. The van der Waals surface area contributed by atoms with E-state index in [-0.39, 0.29) is 5.02 Å². The molecule has 0 spiro atoms. The van der Waals surface area contributed by atoms with E-state index in [0.717, 1.165) is 0 Å². The van der Waals surface area contributed by atoms with E-state index in [2.05, 4.69) is 4.40 Å². The Bertz CT molecular complexity index is 440. The molecule has 1 rings (SSSR count). The topological polar surface area (TPSA) is 29.4 Å². The molecule has 0 fully saturated rings. The Balaban J connectivity index is 2.94. The average molecular weight is 262 g/mol. The standard InChI is InChI=1S/C11H13ClFNOS/c1-11(2,3)16(15)14-7-8-5-4-6-9(13)10(8)12/h4-7H,1-3H3/b14-7+/t16-/m0/s1. The first kappa shape index (κ1) is 13.3. The van der Waals surface area contributed by atoms with Gasteiger partial charge in [0, 0.05) is 11.8 Å². The predicted octanol–water partition coefficient (Wildman–Crippen LogP) is 3.36. The van der Waals surface area contributed by atoms with E-state index in [0.29, 0.717) is 5.56 Å². The van der Waals surface area contributed by atoms with Crippen LogP contribution in [0.3, 0.4) is 0 Å². The first-order chi connectivity index (χ1) is 7.32. The van der Waals surface area contributed by atoms with Gasteiger partial charge in [0.1, 0.15) is 16.8 Å². The highest BCUT2D eigenvalue weighted by Gasteiger charge is 2.18. The van der Waals surface area contributed by atoms with Gasteiger partial charge in [-0.15, -0.1) is 0 Å². The minimum Gasteiger partial charge on any atom is -0.234 e. The van der Waals surface area contributed by atoms with Gasteiger partial charge in [-0.25, -0.2) is 8.60 Å². The van der Waals surface area contributed by atoms with Crippen molar-refractivity contribution in [2.45, 2.75) is 25.5 Å². The van der Waals surface area contributed by atoms with E-state index in [9.17, 15) is 8.60 Å². The Hall–Kier alpha value is -0.740. The van der Waals surface area contributed by atoms with E-state index in [1.807, 2.05) is 20.8 Å². The average Bonchev–Trinajstić information content (AvgIpc) is 2.18. The zero-order chi connectivity index (χ0) is 12.3. The van der Waals surface area contributed by atoms with Gasteiger partial charge >= 0.3 is 0 Å². The van der Waals surface area contributed by atoms with Crippen molar-refractivity contribution < 1.29 is 8.60 Å². The molecular weight excluding hydrogens is 249 g/mol. The van der Waals surface area contributed by atoms with Crippen LogP contribution in [0.1, 0.15) is 26.3 Å². The lowest BCUT2D eigenvalue weighted by Crippen LogP contribution is -2.19. The van der Waals surface area contributed by atoms with E-state index in [4.69, 9.17) is 11.6 Å². The van der Waals surface area contributed by atoms with E-state index < -0.39 is 21.5 Å². The molecule has 5 heteroatoms. The maximum Gasteiger partial charge on any atom is 0.144 e. The highest BCUT2D eigenvalue weighted by atomic mass is 35.5. The van der Waals surface area contributed by atoms with Crippen molar-refractivity contribution in [3.8, 4) is 0 Å². The summed E-state index contributed by atoms with van der Waals surface area (Å²) < 4.78 is 28.1. The number of hydrogen-bond donors (Lipinski definition) is 0. The summed E-state index contributed by atoms with van der Waals surface area (Å²) in [5, 5.41) is -0.00263. The van der Waals surface area contributed by atoms with Crippen LogP contribution in [0, 0.1) is 5.82 Å². The number of halogens is 2. The lowest BCUT2D eigenvalue weighted by atomic mass is 10.2. The molecule has 0 aromatic heterocycles. The highest BCUT2D eigenvalue weighted by molar-refractivity contribution is 7.85. The second-order valence-electron chi connectivity index (χ2n) is 4.24. The molecule has 0 amide bonds. The molecule has 1 aromatic carbocycles. The Morgan fingerprint density at radius 2 is 2.06 bits per heavy atom. The zero-order valence-electron chi connectivity index (χ0n) is 9.33. The van der Waals surface area contributed by atoms with Gasteiger partial charge in [0.2, 0.25) is 0 Å². The molecule has 0 bridgehead atoms. The van der Waals surface area contributed by atoms with Crippen LogP contribution in [0.25, 0.3) is 0 Å². The number of benzene rings is 1. The van der Waals surface area contributed by atoms with Crippen LogP contribution in [0.5, 0.6) is 0 Å². The summed E-state index contributed by atoms with van der Waals surface area (Å²) in [6, 6.07) is 4.41. The molecule has 0 N–H and O–H groups in total. The third-order valence-corrected chi connectivity index (χ3v) is 3.54. The Labute approximate surface area is 102 Å². The molecule has 88 valence electrons. The molecule has 0 aliphatic heterocycles. The maximum atomic E-state index is 13.1. The van der Waals surface area contributed by atoms with Crippen LogP contribution < -0.4 is 0 Å². The fourth-order valence-corrected chi connectivity index (χ4v) is 1.58. The predicted molar refractivity (Wildman–Crippen MR) is 66.9 cm³/mol. The molecule has 0 radical (unpaired) electrons. The van der Waals surface area contributed by atoms with Crippen molar-refractivity contribution in [1.29, 1.82) is 0 Å². The van der Waals surface area contributed by atoms with Crippen molar-refractivity contribution in [1.82, 2.24) is 0 Å². The molecule has 1 atom stereocenters. The molecule has 0 aliphatic carbocycles. The quantitative estimate of drug-likeness (QED) is 0.751. The number of hydrogen-bond acceptors (Lipinski definition) is 1. The van der Waals surface area contributed by atoms with Gasteiger partial charge in [-0.1, -0.05) is 23.7 Å². The molecule has 16 heavy (non-hydrogen) atoms. The Kier molecular flexibility index (Phi) is 4.21. The van der Waals surface area contributed by atoms with Crippen LogP contribution in [0.2, 0.25) is 5.02 Å². The fraction of sp³-hybridized carbons (Fsp3) is 0.364. The van der Waals surface area contributed by atoms with Gasteiger partial charge in [-0.05, 0) is 26.8 Å². The first-order valence-electron chi connectivity index (χ1n) is 4.72. The van der Waals surface area contributed by atoms with Crippen LogP contribution >= 0.6 is 11.6 Å². The summed E-state index contributed by atoms with van der Waals surface area (Å²) >= 11 is 5.73. The Morgan fingerprint density at radius 3 is 2.62 bits per heavy atom. The molecular formula is C11H13ClFNOS. The van der Waals surface area contributed by atoms with E-state index in [1.54, 1.807) is 6.07 Å². The van der Waals surface area contributed by atoms with Crippen LogP contribution in [-0.2, 0) is 11.0 Å². The summed E-state index contributed by atoms with van der Waals surface area (Å²) in [6.45, 7) is 5.44. The molecule has 0 saturated carbocycles. The summed E-state index contributed by atoms with van der Waals surface area (Å²) in [6.07, 6.45) is 1.34. The van der Waals surface area contributed by atoms with Crippen molar-refractivity contribution >= 4 is 28.8 Å². The summed E-state index contributed by atoms with van der Waals surface area (Å²) in [5.74, 6) is -0.507. The van der Waals surface area contributed by atoms with Gasteiger partial charge in [-0.3, -0.25) is 0 Å². The molecule has 0 aliphatic rings. The zero-order valence-corrected chi connectivity index (χ0v) is 10.9. The second-order valence-corrected chi connectivity index (χ2v) is 6.55. The van der Waals surface area contributed by atoms with Crippen LogP contribution in [-0.4, -0.2) is 15.2 Å².